The van der Waals surface area contributed by atoms with E-state index in [2.05, 4.69) is 27.6 Å². The van der Waals surface area contributed by atoms with Gasteiger partial charge in [-0.25, -0.2) is 0 Å². The SMILES string of the molecule is O=C(CSc1nnc2c(Cl)cc(Cl)cn12)N[C@H]1CCCc2ccccc21. The number of carbonyl (C=O) groups is 1. The lowest BCUT2D eigenvalue weighted by molar-refractivity contribution is -0.119. The summed E-state index contributed by atoms with van der Waals surface area (Å²) >= 11 is 13.5. The van der Waals surface area contributed by atoms with Gasteiger partial charge in [-0.3, -0.25) is 9.20 Å². The molecule has 0 aliphatic heterocycles. The van der Waals surface area contributed by atoms with E-state index in [-0.39, 0.29) is 17.7 Å². The molecule has 5 nitrogen and oxygen atoms in total. The molecule has 0 saturated heterocycles. The predicted molar refractivity (Wildman–Crippen MR) is 104 cm³/mol. The minimum atomic E-state index is -0.0263. The van der Waals surface area contributed by atoms with E-state index < -0.39 is 0 Å². The predicted octanol–water partition coefficient (Wildman–Crippen LogP) is 4.32. The Morgan fingerprint density at radius 1 is 1.31 bits per heavy atom. The van der Waals surface area contributed by atoms with E-state index in [1.165, 1.54) is 22.9 Å². The first-order chi connectivity index (χ1) is 12.6. The number of nitrogens with zero attached hydrogens (tertiary/aromatic N) is 3. The molecule has 26 heavy (non-hydrogen) atoms. The van der Waals surface area contributed by atoms with Crippen LogP contribution in [0.5, 0.6) is 0 Å². The van der Waals surface area contributed by atoms with Crippen LogP contribution in [0.3, 0.4) is 0 Å². The molecule has 0 radical (unpaired) electrons. The van der Waals surface area contributed by atoms with Gasteiger partial charge >= 0.3 is 0 Å². The molecule has 3 aromatic rings. The van der Waals surface area contributed by atoms with Crippen molar-refractivity contribution < 1.29 is 4.79 Å². The topological polar surface area (TPSA) is 59.3 Å². The lowest BCUT2D eigenvalue weighted by Gasteiger charge is -2.26. The van der Waals surface area contributed by atoms with Crippen molar-refractivity contribution in [2.24, 2.45) is 0 Å². The monoisotopic (exact) mass is 406 g/mol. The molecular formula is C18H16Cl2N4OS. The fraction of sp³-hybridized carbons (Fsp3) is 0.278. The number of fused-ring (bicyclic) bond motifs is 2. The summed E-state index contributed by atoms with van der Waals surface area (Å²) in [4.78, 5) is 12.4. The van der Waals surface area contributed by atoms with Crippen molar-refractivity contribution in [2.45, 2.75) is 30.5 Å². The summed E-state index contributed by atoms with van der Waals surface area (Å²) in [6.45, 7) is 0. The summed E-state index contributed by atoms with van der Waals surface area (Å²) in [7, 11) is 0. The summed E-state index contributed by atoms with van der Waals surface area (Å²) in [5.41, 5.74) is 3.08. The molecule has 1 N–H and O–H groups in total. The van der Waals surface area contributed by atoms with Gasteiger partial charge in [0.1, 0.15) is 0 Å². The zero-order valence-electron chi connectivity index (χ0n) is 13.8. The highest BCUT2D eigenvalue weighted by atomic mass is 35.5. The van der Waals surface area contributed by atoms with Crippen LogP contribution < -0.4 is 5.32 Å². The van der Waals surface area contributed by atoms with Crippen molar-refractivity contribution in [2.75, 3.05) is 5.75 Å². The summed E-state index contributed by atoms with van der Waals surface area (Å²) in [6, 6.07) is 10.0. The third kappa shape index (κ3) is 3.54. The average molecular weight is 407 g/mol. The van der Waals surface area contributed by atoms with Gasteiger partial charge < -0.3 is 5.32 Å². The molecule has 8 heteroatoms. The number of benzene rings is 1. The molecule has 4 rings (SSSR count). The number of thioether (sulfide) groups is 1. The van der Waals surface area contributed by atoms with E-state index in [1.807, 2.05) is 12.1 Å². The van der Waals surface area contributed by atoms with Gasteiger partial charge in [0.15, 0.2) is 10.8 Å². The van der Waals surface area contributed by atoms with E-state index >= 15 is 0 Å². The van der Waals surface area contributed by atoms with E-state index in [0.29, 0.717) is 20.8 Å². The second kappa shape index (κ2) is 7.47. The van der Waals surface area contributed by atoms with Crippen LogP contribution in [0.1, 0.15) is 30.0 Å². The van der Waals surface area contributed by atoms with Crippen LogP contribution in [0.4, 0.5) is 0 Å². The number of hydrogen-bond acceptors (Lipinski definition) is 4. The van der Waals surface area contributed by atoms with Gasteiger partial charge in [0.05, 0.1) is 21.8 Å². The van der Waals surface area contributed by atoms with Crippen LogP contribution in [0.2, 0.25) is 10.0 Å². The molecule has 2 aromatic heterocycles. The fourth-order valence-corrected chi connectivity index (χ4v) is 4.50. The van der Waals surface area contributed by atoms with Gasteiger partial charge in [-0.1, -0.05) is 59.2 Å². The van der Waals surface area contributed by atoms with Crippen molar-refractivity contribution in [1.82, 2.24) is 19.9 Å². The second-order valence-electron chi connectivity index (χ2n) is 6.18. The average Bonchev–Trinajstić information content (AvgIpc) is 3.03. The highest BCUT2D eigenvalue weighted by Gasteiger charge is 2.21. The molecular weight excluding hydrogens is 391 g/mol. The Balaban J connectivity index is 1.44. The van der Waals surface area contributed by atoms with Gasteiger partial charge in [0, 0.05) is 6.20 Å². The molecule has 1 aliphatic carbocycles. The van der Waals surface area contributed by atoms with Crippen LogP contribution in [0.15, 0.2) is 41.7 Å². The van der Waals surface area contributed by atoms with E-state index in [9.17, 15) is 4.79 Å². The van der Waals surface area contributed by atoms with Gasteiger partial charge in [-0.05, 0) is 36.5 Å². The number of aryl methyl sites for hydroxylation is 1. The lowest BCUT2D eigenvalue weighted by atomic mass is 9.88. The number of amides is 1. The van der Waals surface area contributed by atoms with Crippen LogP contribution in [0, 0.1) is 0 Å². The Morgan fingerprint density at radius 2 is 2.15 bits per heavy atom. The standard InChI is InChI=1S/C18H16Cl2N4OS/c19-12-8-14(20)17-22-23-18(24(17)9-12)26-10-16(25)21-15-7-3-5-11-4-1-2-6-13(11)15/h1-2,4,6,8-9,15H,3,5,7,10H2,(H,21,25)/t15-/m0/s1. The summed E-state index contributed by atoms with van der Waals surface area (Å²) in [6.07, 6.45) is 4.82. The van der Waals surface area contributed by atoms with Gasteiger partial charge in [-0.15, -0.1) is 10.2 Å². The van der Waals surface area contributed by atoms with E-state index in [0.717, 1.165) is 19.3 Å². The normalized spacial score (nSPS) is 16.5. The number of halogens is 2. The highest BCUT2D eigenvalue weighted by molar-refractivity contribution is 7.99. The largest absolute Gasteiger partial charge is 0.349 e. The molecule has 134 valence electrons. The Morgan fingerprint density at radius 3 is 3.04 bits per heavy atom. The zero-order valence-corrected chi connectivity index (χ0v) is 16.1. The highest BCUT2D eigenvalue weighted by Crippen LogP contribution is 2.30. The number of carbonyl (C=O) groups excluding carboxylic acids is 1. The van der Waals surface area contributed by atoms with Crippen LogP contribution in [-0.2, 0) is 11.2 Å². The number of pyridine rings is 1. The minimum Gasteiger partial charge on any atom is -0.349 e. The molecule has 0 saturated carbocycles. The number of rotatable bonds is 4. The van der Waals surface area contributed by atoms with Gasteiger partial charge in [0.2, 0.25) is 5.91 Å². The summed E-state index contributed by atoms with van der Waals surface area (Å²) in [5.74, 6) is 0.227. The fourth-order valence-electron chi connectivity index (χ4n) is 3.27. The van der Waals surface area contributed by atoms with Crippen molar-refractivity contribution in [3.05, 3.63) is 57.7 Å². The van der Waals surface area contributed by atoms with Crippen molar-refractivity contribution in [3.63, 3.8) is 0 Å². The molecule has 0 unspecified atom stereocenters. The van der Waals surface area contributed by atoms with Gasteiger partial charge in [0.25, 0.3) is 0 Å². The maximum absolute atomic E-state index is 12.4. The maximum atomic E-state index is 12.4. The van der Waals surface area contributed by atoms with Crippen LogP contribution in [0.25, 0.3) is 5.65 Å². The van der Waals surface area contributed by atoms with Crippen LogP contribution in [-0.4, -0.2) is 26.3 Å². The second-order valence-corrected chi connectivity index (χ2v) is 7.97. The Labute approximate surface area is 165 Å². The van der Waals surface area contributed by atoms with Crippen molar-refractivity contribution in [1.29, 1.82) is 0 Å². The molecule has 2 heterocycles. The van der Waals surface area contributed by atoms with Crippen LogP contribution >= 0.6 is 35.0 Å². The zero-order chi connectivity index (χ0) is 18.1. The number of aromatic nitrogens is 3. The van der Waals surface area contributed by atoms with Crippen molar-refractivity contribution >= 4 is 46.5 Å². The molecule has 0 bridgehead atoms. The first-order valence-electron chi connectivity index (χ1n) is 8.31. The third-order valence-electron chi connectivity index (χ3n) is 4.43. The Bertz CT molecular complexity index is 975. The Hall–Kier alpha value is -1.76. The Kier molecular flexibility index (Phi) is 5.07. The van der Waals surface area contributed by atoms with Crippen molar-refractivity contribution in [3.8, 4) is 0 Å². The number of nitrogens with one attached hydrogen (secondary N) is 1. The van der Waals surface area contributed by atoms with E-state index in [4.69, 9.17) is 23.2 Å². The maximum Gasteiger partial charge on any atom is 0.230 e. The molecule has 0 fully saturated rings. The molecule has 0 spiro atoms. The third-order valence-corrected chi connectivity index (χ3v) is 5.86. The van der Waals surface area contributed by atoms with Gasteiger partial charge in [-0.2, -0.15) is 0 Å². The van der Waals surface area contributed by atoms with E-state index in [1.54, 1.807) is 16.7 Å². The smallest absolute Gasteiger partial charge is 0.230 e. The summed E-state index contributed by atoms with van der Waals surface area (Å²) < 4.78 is 1.71. The summed E-state index contributed by atoms with van der Waals surface area (Å²) in [5, 5.41) is 12.8. The minimum absolute atomic E-state index is 0.0263. The lowest BCUT2D eigenvalue weighted by Crippen LogP contribution is -2.32. The molecule has 1 aliphatic rings. The molecule has 1 atom stereocenters. The molecule has 1 amide bonds. The quantitative estimate of drug-likeness (QED) is 0.655. The first-order valence-corrected chi connectivity index (χ1v) is 10.1. The molecule has 1 aromatic carbocycles. The number of hydrogen-bond donors (Lipinski definition) is 1. The first kappa shape index (κ1) is 17.6.